The normalized spacial score (nSPS) is 7.80. The summed E-state index contributed by atoms with van der Waals surface area (Å²) in [4.78, 5) is 23.0. The average Bonchev–Trinajstić information content (AvgIpc) is 2.24. The first-order valence-electron chi connectivity index (χ1n) is 3.85. The summed E-state index contributed by atoms with van der Waals surface area (Å²) in [6, 6.07) is 4.93. The van der Waals surface area contributed by atoms with Crippen LogP contribution in [0, 0.1) is 34.0 Å². The largest absolute Gasteiger partial charge is 0.335 e. The minimum Gasteiger partial charge on any atom is -0.335 e. The highest BCUT2D eigenvalue weighted by Crippen LogP contribution is 1.88. The summed E-state index contributed by atoms with van der Waals surface area (Å²) in [6.45, 7) is -0.976. The predicted molar refractivity (Wildman–Crippen MR) is 46.4 cm³/mol. The van der Waals surface area contributed by atoms with Gasteiger partial charge in [0, 0.05) is 0 Å². The second kappa shape index (κ2) is 6.88. The highest BCUT2D eigenvalue weighted by molar-refractivity contribution is 6.35. The van der Waals surface area contributed by atoms with Gasteiger partial charge in [0.15, 0.2) is 0 Å². The Morgan fingerprint density at radius 1 is 1.07 bits per heavy atom. The number of nitrogens with zero attached hydrogens (tertiary/aromatic N) is 4. The van der Waals surface area contributed by atoms with Gasteiger partial charge in [-0.3, -0.25) is 9.59 Å². The van der Waals surface area contributed by atoms with Crippen molar-refractivity contribution >= 4 is 11.8 Å². The monoisotopic (exact) mass is 205 g/mol. The maximum atomic E-state index is 11.2. The lowest BCUT2D eigenvalue weighted by Crippen LogP contribution is -2.43. The molecule has 15 heavy (non-hydrogen) atoms. The van der Waals surface area contributed by atoms with Crippen molar-refractivity contribution in [3.8, 4) is 18.2 Å². The Labute approximate surface area is 86.1 Å². The van der Waals surface area contributed by atoms with Gasteiger partial charge >= 0.3 is 11.8 Å². The van der Waals surface area contributed by atoms with Crippen LogP contribution in [0.5, 0.6) is 0 Å². The van der Waals surface area contributed by atoms with Gasteiger partial charge < -0.3 is 10.2 Å². The van der Waals surface area contributed by atoms with E-state index in [1.54, 1.807) is 18.2 Å². The number of hydrogen-bond acceptors (Lipinski definition) is 5. The Hall–Kier alpha value is -2.59. The van der Waals surface area contributed by atoms with Crippen molar-refractivity contribution in [3.05, 3.63) is 0 Å². The van der Waals surface area contributed by atoms with Crippen molar-refractivity contribution in [3.63, 3.8) is 0 Å². The molecular formula is C8H7N5O2. The van der Waals surface area contributed by atoms with Gasteiger partial charge in [0.05, 0.1) is 18.2 Å². The van der Waals surface area contributed by atoms with Crippen molar-refractivity contribution < 1.29 is 9.59 Å². The molecule has 0 aromatic heterocycles. The second-order valence-electron chi connectivity index (χ2n) is 2.32. The summed E-state index contributed by atoms with van der Waals surface area (Å²) in [5.41, 5.74) is 0. The molecule has 0 atom stereocenters. The van der Waals surface area contributed by atoms with Crippen LogP contribution in [0.2, 0.25) is 0 Å². The van der Waals surface area contributed by atoms with Crippen LogP contribution in [0.3, 0.4) is 0 Å². The third-order valence-corrected chi connectivity index (χ3v) is 1.33. The molecule has 1 N–H and O–H groups in total. The summed E-state index contributed by atoms with van der Waals surface area (Å²) in [6.07, 6.45) is 0. The van der Waals surface area contributed by atoms with Gasteiger partial charge in [0.25, 0.3) is 0 Å². The van der Waals surface area contributed by atoms with E-state index in [-0.39, 0.29) is 19.6 Å². The molecule has 0 rings (SSSR count). The lowest BCUT2D eigenvalue weighted by Gasteiger charge is -2.13. The maximum absolute atomic E-state index is 11.2. The molecule has 0 radical (unpaired) electrons. The van der Waals surface area contributed by atoms with E-state index in [2.05, 4.69) is 0 Å². The standard InChI is InChI=1S/C8H7N5O2/c9-1-4-12-7(14)8(15)13(5-2-10)6-3-11/h4-6H2,(H,12,14). The third-order valence-electron chi connectivity index (χ3n) is 1.33. The van der Waals surface area contributed by atoms with E-state index in [1.807, 2.05) is 5.32 Å². The Kier molecular flexibility index (Phi) is 5.69. The molecule has 0 saturated heterocycles. The molecule has 0 aromatic rings. The van der Waals surface area contributed by atoms with Crippen molar-refractivity contribution in [2.24, 2.45) is 0 Å². The lowest BCUT2D eigenvalue weighted by molar-refractivity contribution is -0.144. The minimum absolute atomic E-state index is 0.294. The van der Waals surface area contributed by atoms with Crippen molar-refractivity contribution in [2.75, 3.05) is 19.6 Å². The second-order valence-corrected chi connectivity index (χ2v) is 2.32. The number of nitriles is 3. The van der Waals surface area contributed by atoms with E-state index in [0.717, 1.165) is 4.90 Å². The summed E-state index contributed by atoms with van der Waals surface area (Å²) in [5, 5.41) is 26.8. The topological polar surface area (TPSA) is 121 Å². The van der Waals surface area contributed by atoms with E-state index in [1.165, 1.54) is 0 Å². The van der Waals surface area contributed by atoms with Gasteiger partial charge in [-0.15, -0.1) is 0 Å². The van der Waals surface area contributed by atoms with Crippen molar-refractivity contribution in [1.29, 1.82) is 15.8 Å². The fourth-order valence-electron chi connectivity index (χ4n) is 0.709. The maximum Gasteiger partial charge on any atom is 0.313 e. The molecular weight excluding hydrogens is 198 g/mol. The van der Waals surface area contributed by atoms with E-state index >= 15 is 0 Å². The molecule has 0 aliphatic rings. The molecule has 0 aliphatic carbocycles. The minimum atomic E-state index is -0.998. The van der Waals surface area contributed by atoms with Crippen LogP contribution in [0.1, 0.15) is 0 Å². The Balaban J connectivity index is 4.39. The van der Waals surface area contributed by atoms with Gasteiger partial charge in [-0.2, -0.15) is 15.8 Å². The van der Waals surface area contributed by atoms with Crippen molar-refractivity contribution in [2.45, 2.75) is 0 Å². The number of carbonyl (C=O) groups is 2. The molecule has 0 bridgehead atoms. The van der Waals surface area contributed by atoms with Crippen molar-refractivity contribution in [1.82, 2.24) is 10.2 Å². The average molecular weight is 205 g/mol. The molecule has 0 aromatic carbocycles. The smallest absolute Gasteiger partial charge is 0.313 e. The van der Waals surface area contributed by atoms with Gasteiger partial charge in [0.1, 0.15) is 19.6 Å². The first kappa shape index (κ1) is 12.4. The zero-order valence-corrected chi connectivity index (χ0v) is 7.73. The Bertz CT molecular complexity index is 354. The summed E-state index contributed by atoms with van der Waals surface area (Å²) >= 11 is 0. The number of carbonyl (C=O) groups excluding carboxylic acids is 2. The fraction of sp³-hybridized carbons (Fsp3) is 0.375. The molecule has 7 heteroatoms. The SMILES string of the molecule is N#CCNC(=O)C(=O)N(CC#N)CC#N. The molecule has 7 nitrogen and oxygen atoms in total. The number of nitrogens with one attached hydrogen (secondary N) is 1. The molecule has 76 valence electrons. The van der Waals surface area contributed by atoms with Crippen LogP contribution in [0.15, 0.2) is 0 Å². The fourth-order valence-corrected chi connectivity index (χ4v) is 0.709. The van der Waals surface area contributed by atoms with Crippen LogP contribution in [0.25, 0.3) is 0 Å². The zero-order chi connectivity index (χ0) is 11.7. The first-order chi connectivity index (χ1) is 7.17. The van der Waals surface area contributed by atoms with Crippen LogP contribution in [0.4, 0.5) is 0 Å². The number of hydrogen-bond donors (Lipinski definition) is 1. The highest BCUT2D eigenvalue weighted by Gasteiger charge is 2.20. The van der Waals surface area contributed by atoms with Crippen LogP contribution >= 0.6 is 0 Å². The van der Waals surface area contributed by atoms with E-state index in [0.29, 0.717) is 0 Å². The van der Waals surface area contributed by atoms with Crippen LogP contribution in [-0.4, -0.2) is 36.3 Å². The van der Waals surface area contributed by atoms with Crippen LogP contribution in [-0.2, 0) is 9.59 Å². The van der Waals surface area contributed by atoms with Crippen LogP contribution < -0.4 is 5.32 Å². The molecule has 0 aliphatic heterocycles. The first-order valence-corrected chi connectivity index (χ1v) is 3.85. The van der Waals surface area contributed by atoms with E-state index in [4.69, 9.17) is 15.8 Å². The molecule has 0 unspecified atom stereocenters. The molecule has 0 heterocycles. The van der Waals surface area contributed by atoms with E-state index in [9.17, 15) is 9.59 Å². The van der Waals surface area contributed by atoms with E-state index < -0.39 is 11.8 Å². The van der Waals surface area contributed by atoms with Gasteiger partial charge in [-0.05, 0) is 0 Å². The molecule has 0 saturated carbocycles. The Morgan fingerprint density at radius 2 is 1.60 bits per heavy atom. The Morgan fingerprint density at radius 3 is 2.00 bits per heavy atom. The van der Waals surface area contributed by atoms with Gasteiger partial charge in [-0.25, -0.2) is 0 Å². The molecule has 0 fully saturated rings. The lowest BCUT2D eigenvalue weighted by atomic mass is 10.4. The summed E-state index contributed by atoms with van der Waals surface area (Å²) in [7, 11) is 0. The quantitative estimate of drug-likeness (QED) is 0.444. The summed E-state index contributed by atoms with van der Waals surface area (Å²) < 4.78 is 0. The number of rotatable bonds is 3. The van der Waals surface area contributed by atoms with Gasteiger partial charge in [0.2, 0.25) is 0 Å². The zero-order valence-electron chi connectivity index (χ0n) is 7.73. The predicted octanol–water partition coefficient (Wildman–Crippen LogP) is -1.50. The third kappa shape index (κ3) is 4.25. The molecule has 0 spiro atoms. The molecule has 2 amide bonds. The van der Waals surface area contributed by atoms with Gasteiger partial charge in [-0.1, -0.05) is 0 Å². The highest BCUT2D eigenvalue weighted by atomic mass is 16.2. The summed E-state index contributed by atoms with van der Waals surface area (Å²) in [5.74, 6) is -1.99. The number of amides is 2.